The first-order valence-electron chi connectivity index (χ1n) is 23.3. The zero-order valence-electron chi connectivity index (χ0n) is 37.7. The number of amides is 4. The molecule has 7 heterocycles. The van der Waals surface area contributed by atoms with Gasteiger partial charge < -0.3 is 39.4 Å². The van der Waals surface area contributed by atoms with Crippen molar-refractivity contribution in [2.75, 3.05) is 68.0 Å². The summed E-state index contributed by atoms with van der Waals surface area (Å²) in [6, 6.07) is 13.3. The Labute approximate surface area is 388 Å². The molecule has 4 aromatic rings. The number of ether oxygens (including phenoxy) is 2. The first-order valence-corrected chi connectivity index (χ1v) is 23.7. The summed E-state index contributed by atoms with van der Waals surface area (Å²) >= 11 is 6.61. The predicted octanol–water partition coefficient (Wildman–Crippen LogP) is 4.77. The fourth-order valence-corrected chi connectivity index (χ4v) is 10.9. The molecule has 17 nitrogen and oxygen atoms in total. The fraction of sp³-hybridized carbons (Fsp3) is 0.521. The van der Waals surface area contributed by atoms with Gasteiger partial charge in [-0.3, -0.25) is 34.2 Å². The highest BCUT2D eigenvalue weighted by atomic mass is 35.5. The second-order valence-electron chi connectivity index (χ2n) is 19.2. The van der Waals surface area contributed by atoms with E-state index < -0.39 is 6.04 Å². The Bertz CT molecular complexity index is 2630. The van der Waals surface area contributed by atoms with Crippen LogP contribution in [0.1, 0.15) is 87.2 Å². The van der Waals surface area contributed by atoms with Crippen molar-refractivity contribution in [1.82, 2.24) is 35.0 Å². The summed E-state index contributed by atoms with van der Waals surface area (Å²) in [7, 11) is 1.52. The molecule has 4 amide bonds. The van der Waals surface area contributed by atoms with Crippen molar-refractivity contribution in [3.05, 3.63) is 75.2 Å². The number of anilines is 4. The van der Waals surface area contributed by atoms with E-state index in [9.17, 15) is 24.0 Å². The molecule has 10 rings (SSSR count). The van der Waals surface area contributed by atoms with Gasteiger partial charge in [-0.2, -0.15) is 4.98 Å². The highest BCUT2D eigenvalue weighted by Crippen LogP contribution is 2.46. The molecule has 1 atom stereocenters. The zero-order valence-corrected chi connectivity index (χ0v) is 38.4. The van der Waals surface area contributed by atoms with Gasteiger partial charge in [-0.1, -0.05) is 17.7 Å². The van der Waals surface area contributed by atoms with Gasteiger partial charge in [0.2, 0.25) is 17.8 Å². The average molecular weight is 921 g/mol. The average Bonchev–Trinajstić information content (AvgIpc) is 3.61. The molecule has 4 saturated heterocycles. The Hall–Kier alpha value is -5.78. The molecule has 348 valence electrons. The van der Waals surface area contributed by atoms with E-state index in [4.69, 9.17) is 26.1 Å². The SMILES string of the molecule is CNC(=O)COc1cc2cc(Nc3nc(N4CCC(OC5CC(N6CC7(CCN(c8ccc9c(c8)C(=O)N([C@@H]8CCC(=O)NC8=O)C9)CC7)C6)C5)CC4)ncc3Cl)ccc2n(C(C)C)c1=O. The van der Waals surface area contributed by atoms with Gasteiger partial charge in [0.1, 0.15) is 11.1 Å². The van der Waals surface area contributed by atoms with Crippen LogP contribution >= 0.6 is 11.6 Å². The summed E-state index contributed by atoms with van der Waals surface area (Å²) in [4.78, 5) is 80.9. The summed E-state index contributed by atoms with van der Waals surface area (Å²) < 4.78 is 13.9. The molecule has 1 saturated carbocycles. The second-order valence-corrected chi connectivity index (χ2v) is 19.6. The van der Waals surface area contributed by atoms with Crippen LogP contribution in [0.25, 0.3) is 10.9 Å². The van der Waals surface area contributed by atoms with Crippen LogP contribution in [0.5, 0.6) is 5.75 Å². The van der Waals surface area contributed by atoms with Crippen molar-refractivity contribution in [3.8, 4) is 5.75 Å². The molecule has 3 N–H and O–H groups in total. The lowest BCUT2D eigenvalue weighted by Crippen LogP contribution is -2.65. The third kappa shape index (κ3) is 8.56. The Kier molecular flexibility index (Phi) is 11.9. The van der Waals surface area contributed by atoms with E-state index in [1.165, 1.54) is 7.05 Å². The number of likely N-dealkylation sites (N-methyl/N-ethyl adjacent to an activating group) is 1. The molecule has 18 heteroatoms. The second kappa shape index (κ2) is 17.8. The van der Waals surface area contributed by atoms with Crippen molar-refractivity contribution < 1.29 is 28.7 Å². The Morgan fingerprint density at radius 3 is 2.45 bits per heavy atom. The van der Waals surface area contributed by atoms with Gasteiger partial charge in [0.15, 0.2) is 18.2 Å². The van der Waals surface area contributed by atoms with Crippen LogP contribution in [0.4, 0.5) is 23.1 Å². The number of nitrogens with one attached hydrogen (secondary N) is 3. The lowest BCUT2D eigenvalue weighted by atomic mass is 9.69. The lowest BCUT2D eigenvalue weighted by Gasteiger charge is -2.59. The van der Waals surface area contributed by atoms with E-state index in [2.05, 4.69) is 41.7 Å². The number of halogens is 1. The zero-order chi connectivity index (χ0) is 45.9. The van der Waals surface area contributed by atoms with Crippen molar-refractivity contribution in [3.63, 3.8) is 0 Å². The van der Waals surface area contributed by atoms with E-state index in [-0.39, 0.29) is 66.2 Å². The van der Waals surface area contributed by atoms with Crippen molar-refractivity contribution >= 4 is 69.3 Å². The first kappa shape index (κ1) is 44.1. The molecular formula is C48H57ClN10O7. The minimum Gasteiger partial charge on any atom is -0.478 e. The number of carbonyl (C=O) groups is 4. The number of benzene rings is 2. The molecule has 6 aliphatic rings. The van der Waals surface area contributed by atoms with Crippen molar-refractivity contribution in [1.29, 1.82) is 0 Å². The maximum atomic E-state index is 13.4. The van der Waals surface area contributed by atoms with Crippen molar-refractivity contribution in [2.24, 2.45) is 5.41 Å². The predicted molar refractivity (Wildman–Crippen MR) is 250 cm³/mol. The number of imide groups is 1. The number of nitrogens with zero attached hydrogens (tertiary/aromatic N) is 7. The first-order chi connectivity index (χ1) is 31.8. The minimum absolute atomic E-state index is 0.0980. The van der Waals surface area contributed by atoms with Gasteiger partial charge in [-0.05, 0) is 106 Å². The normalized spacial score (nSPS) is 23.2. The Balaban J connectivity index is 0.671. The fourth-order valence-electron chi connectivity index (χ4n) is 10.7. The summed E-state index contributed by atoms with van der Waals surface area (Å²) in [5.74, 6) is 0.0616. The molecule has 0 radical (unpaired) electrons. The van der Waals surface area contributed by atoms with Crippen LogP contribution in [0, 0.1) is 5.41 Å². The van der Waals surface area contributed by atoms with Gasteiger partial charge in [0.05, 0.1) is 23.9 Å². The van der Waals surface area contributed by atoms with E-state index >= 15 is 0 Å². The van der Waals surface area contributed by atoms with Crippen LogP contribution < -0.4 is 36.0 Å². The third-order valence-electron chi connectivity index (χ3n) is 14.6. The molecule has 0 bridgehead atoms. The smallest absolute Gasteiger partial charge is 0.293 e. The molecule has 5 fully saturated rings. The number of piperidine rings is 3. The maximum Gasteiger partial charge on any atom is 0.293 e. The van der Waals surface area contributed by atoms with Gasteiger partial charge in [0.25, 0.3) is 17.4 Å². The van der Waals surface area contributed by atoms with E-state index in [0.717, 1.165) is 106 Å². The van der Waals surface area contributed by atoms with Crippen LogP contribution in [-0.2, 0) is 25.7 Å². The summed E-state index contributed by atoms with van der Waals surface area (Å²) in [5, 5.41) is 9.38. The number of likely N-dealkylation sites (tertiary alicyclic amines) is 1. The third-order valence-corrected chi connectivity index (χ3v) is 14.9. The number of hydrogen-bond acceptors (Lipinski definition) is 13. The lowest BCUT2D eigenvalue weighted by molar-refractivity contribution is -0.137. The number of rotatable bonds is 12. The number of aromatic nitrogens is 3. The topological polar surface area (TPSA) is 184 Å². The summed E-state index contributed by atoms with van der Waals surface area (Å²) in [5.41, 5.74) is 4.19. The van der Waals surface area contributed by atoms with Gasteiger partial charge in [-0.15, -0.1) is 0 Å². The Morgan fingerprint density at radius 2 is 1.73 bits per heavy atom. The Morgan fingerprint density at radius 1 is 0.955 bits per heavy atom. The van der Waals surface area contributed by atoms with Gasteiger partial charge in [-0.25, -0.2) is 4.98 Å². The minimum atomic E-state index is -0.600. The molecule has 1 aliphatic carbocycles. The van der Waals surface area contributed by atoms with Crippen LogP contribution in [0.3, 0.4) is 0 Å². The number of fused-ring (bicyclic) bond motifs is 2. The largest absolute Gasteiger partial charge is 0.478 e. The highest BCUT2D eigenvalue weighted by molar-refractivity contribution is 6.33. The van der Waals surface area contributed by atoms with Crippen LogP contribution in [-0.4, -0.2) is 125 Å². The van der Waals surface area contributed by atoms with E-state index in [1.54, 1.807) is 21.7 Å². The molecule has 2 aromatic carbocycles. The number of pyridine rings is 1. The van der Waals surface area contributed by atoms with Crippen molar-refractivity contribution in [2.45, 2.75) is 102 Å². The molecule has 66 heavy (non-hydrogen) atoms. The number of hydrogen-bond donors (Lipinski definition) is 3. The molecule has 5 aliphatic heterocycles. The van der Waals surface area contributed by atoms with Gasteiger partial charge >= 0.3 is 0 Å². The maximum absolute atomic E-state index is 13.4. The quantitative estimate of drug-likeness (QED) is 0.165. The standard InChI is InChI=1S/C48H57ClN10O7/c1-28(2)59-38-7-5-31(18-30(38)19-40(46(59)64)65-25-42(61)50-3)52-43-37(49)23-51-47(54-43)56-14-10-34(11-15-56)66-35-20-33(21-35)57-26-48(27-57)12-16-55(17-13-48)32-6-4-29-24-58(45(63)36(29)22-32)39-8-9-41(60)53-44(39)62/h4-7,18-19,22-23,28,33-35,39H,8-17,20-21,24-27H2,1-3H3,(H,50,61)(H,51,52,54)(H,53,60,62)/t33?,35?,39-/m1/s1. The molecule has 2 aromatic heterocycles. The van der Waals surface area contributed by atoms with Crippen LogP contribution in [0.15, 0.2) is 53.5 Å². The van der Waals surface area contributed by atoms with E-state index in [1.807, 2.05) is 44.2 Å². The van der Waals surface area contributed by atoms with Gasteiger partial charge in [0, 0.05) is 93.7 Å². The summed E-state index contributed by atoms with van der Waals surface area (Å²) in [6.07, 6.45) is 8.91. The summed E-state index contributed by atoms with van der Waals surface area (Å²) in [6.45, 7) is 9.73. The number of carbonyl (C=O) groups excluding carboxylic acids is 4. The van der Waals surface area contributed by atoms with E-state index in [0.29, 0.717) is 46.8 Å². The monoisotopic (exact) mass is 920 g/mol. The molecular weight excluding hydrogens is 864 g/mol. The van der Waals surface area contributed by atoms with Crippen LogP contribution in [0.2, 0.25) is 5.02 Å². The highest BCUT2D eigenvalue weighted by Gasteiger charge is 2.50. The molecule has 1 spiro atoms. The molecule has 0 unspecified atom stereocenters.